The first-order valence-electron chi connectivity index (χ1n) is 8.00. The highest BCUT2D eigenvalue weighted by atomic mass is 32.2. The molecule has 0 aromatic heterocycles. The molecule has 1 atom stereocenters. The Hall–Kier alpha value is -1.11. The molecule has 124 valence electrons. The number of rotatable bonds is 7. The smallest absolute Gasteiger partial charge is 0.243 e. The lowest BCUT2D eigenvalue weighted by Gasteiger charge is -2.26. The Balaban J connectivity index is 2.10. The molecule has 1 fully saturated rings. The summed E-state index contributed by atoms with van der Waals surface area (Å²) in [7, 11) is -3.40. The minimum Gasteiger partial charge on any atom is -0.494 e. The monoisotopic (exact) mass is 326 g/mol. The van der Waals surface area contributed by atoms with Crippen LogP contribution in [0.3, 0.4) is 0 Å². The summed E-state index contributed by atoms with van der Waals surface area (Å²) >= 11 is 0. The van der Waals surface area contributed by atoms with Gasteiger partial charge < -0.3 is 4.74 Å². The highest BCUT2D eigenvalue weighted by Gasteiger charge is 2.34. The summed E-state index contributed by atoms with van der Waals surface area (Å²) in [5.74, 6) is 0.698. The van der Waals surface area contributed by atoms with Gasteiger partial charge in [0, 0.05) is 19.1 Å². The van der Waals surface area contributed by atoms with E-state index in [0.717, 1.165) is 19.5 Å². The highest BCUT2D eigenvalue weighted by Crippen LogP contribution is 2.25. The molecule has 1 aromatic carbocycles. The number of likely N-dealkylation sites (N-methyl/N-ethyl adjacent to an activating group) is 1. The van der Waals surface area contributed by atoms with Crippen LogP contribution in [0.15, 0.2) is 29.2 Å². The summed E-state index contributed by atoms with van der Waals surface area (Å²) in [5.41, 5.74) is 0. The summed E-state index contributed by atoms with van der Waals surface area (Å²) in [4.78, 5) is 2.67. The van der Waals surface area contributed by atoms with Gasteiger partial charge in [0.1, 0.15) is 5.75 Å². The average molecular weight is 326 g/mol. The zero-order valence-corrected chi connectivity index (χ0v) is 14.5. The van der Waals surface area contributed by atoms with Crippen LogP contribution in [0.25, 0.3) is 0 Å². The van der Waals surface area contributed by atoms with Crippen LogP contribution in [0.4, 0.5) is 0 Å². The van der Waals surface area contributed by atoms with Gasteiger partial charge in [-0.15, -0.1) is 0 Å². The van der Waals surface area contributed by atoms with Gasteiger partial charge in [0.15, 0.2) is 0 Å². The van der Waals surface area contributed by atoms with Gasteiger partial charge >= 0.3 is 0 Å². The molecule has 1 aliphatic rings. The fourth-order valence-electron chi connectivity index (χ4n) is 2.99. The zero-order valence-electron chi connectivity index (χ0n) is 13.7. The van der Waals surface area contributed by atoms with Crippen molar-refractivity contribution in [3.63, 3.8) is 0 Å². The maximum Gasteiger partial charge on any atom is 0.243 e. The van der Waals surface area contributed by atoms with Crippen molar-refractivity contribution in [1.82, 2.24) is 9.21 Å². The first-order valence-corrected chi connectivity index (χ1v) is 9.44. The molecule has 1 unspecified atom stereocenters. The molecule has 0 saturated carbocycles. The Morgan fingerprint density at radius 2 is 1.82 bits per heavy atom. The van der Waals surface area contributed by atoms with Gasteiger partial charge in [-0.2, -0.15) is 4.31 Å². The van der Waals surface area contributed by atoms with Crippen LogP contribution >= 0.6 is 0 Å². The van der Waals surface area contributed by atoms with E-state index in [2.05, 4.69) is 18.7 Å². The van der Waals surface area contributed by atoms with Gasteiger partial charge in [-0.3, -0.25) is 4.90 Å². The first kappa shape index (κ1) is 17.2. The molecule has 0 N–H and O–H groups in total. The molecule has 0 bridgehead atoms. The molecule has 0 radical (unpaired) electrons. The zero-order chi connectivity index (χ0) is 16.2. The Labute approximate surface area is 133 Å². The molecule has 0 amide bonds. The van der Waals surface area contributed by atoms with Gasteiger partial charge in [0.2, 0.25) is 10.0 Å². The number of benzene rings is 1. The summed E-state index contributed by atoms with van der Waals surface area (Å²) in [6.07, 6.45) is 0.901. The average Bonchev–Trinajstić information content (AvgIpc) is 3.00. The van der Waals surface area contributed by atoms with Crippen molar-refractivity contribution in [3.05, 3.63) is 24.3 Å². The molecule has 0 aliphatic carbocycles. The minimum atomic E-state index is -3.40. The molecule has 1 aromatic rings. The van der Waals surface area contributed by atoms with Crippen LogP contribution in [0, 0.1) is 0 Å². The van der Waals surface area contributed by atoms with Crippen LogP contribution in [0.2, 0.25) is 0 Å². The van der Waals surface area contributed by atoms with Gasteiger partial charge in [-0.25, -0.2) is 8.42 Å². The third-order valence-electron chi connectivity index (χ3n) is 4.23. The highest BCUT2D eigenvalue weighted by molar-refractivity contribution is 7.89. The van der Waals surface area contributed by atoms with E-state index in [1.807, 2.05) is 6.92 Å². The normalized spacial score (nSPS) is 19.7. The van der Waals surface area contributed by atoms with Gasteiger partial charge in [-0.1, -0.05) is 13.8 Å². The number of sulfonamides is 1. The van der Waals surface area contributed by atoms with Gasteiger partial charge in [0.25, 0.3) is 0 Å². The quantitative estimate of drug-likeness (QED) is 0.771. The standard InChI is InChI=1S/C16H26N2O3S/c1-4-17(5-2)14-11-12-18(13-14)22(19,20)16-9-7-15(8-10-16)21-6-3/h7-10,14H,4-6,11-13H2,1-3H3. The summed E-state index contributed by atoms with van der Waals surface area (Å²) in [6, 6.07) is 7.02. The number of hydrogen-bond acceptors (Lipinski definition) is 4. The largest absolute Gasteiger partial charge is 0.494 e. The SMILES string of the molecule is CCOc1ccc(S(=O)(=O)N2CCC(N(CC)CC)C2)cc1. The van der Waals surface area contributed by atoms with E-state index in [-0.39, 0.29) is 0 Å². The van der Waals surface area contributed by atoms with Crippen molar-refractivity contribution in [2.45, 2.75) is 38.1 Å². The molecule has 1 heterocycles. The third-order valence-corrected chi connectivity index (χ3v) is 6.11. The maximum absolute atomic E-state index is 12.7. The van der Waals surface area contributed by atoms with E-state index < -0.39 is 10.0 Å². The predicted octanol–water partition coefficient (Wildman–Crippen LogP) is 2.19. The number of hydrogen-bond donors (Lipinski definition) is 0. The Bertz CT molecular complexity index is 568. The van der Waals surface area contributed by atoms with E-state index in [1.165, 1.54) is 0 Å². The lowest BCUT2D eigenvalue weighted by molar-refractivity contribution is 0.224. The number of nitrogens with zero attached hydrogens (tertiary/aromatic N) is 2. The molecule has 5 nitrogen and oxygen atoms in total. The minimum absolute atomic E-state index is 0.326. The van der Waals surface area contributed by atoms with Crippen molar-refractivity contribution in [1.29, 1.82) is 0 Å². The molecule has 6 heteroatoms. The van der Waals surface area contributed by atoms with Crippen molar-refractivity contribution in [2.75, 3.05) is 32.8 Å². The van der Waals surface area contributed by atoms with Crippen LogP contribution in [0.1, 0.15) is 27.2 Å². The van der Waals surface area contributed by atoms with Crippen LogP contribution in [0.5, 0.6) is 5.75 Å². The van der Waals surface area contributed by atoms with E-state index in [1.54, 1.807) is 28.6 Å². The molecule has 22 heavy (non-hydrogen) atoms. The van der Waals surface area contributed by atoms with E-state index >= 15 is 0 Å². The fraction of sp³-hybridized carbons (Fsp3) is 0.625. The maximum atomic E-state index is 12.7. The molecule has 2 rings (SSSR count). The van der Waals surface area contributed by atoms with E-state index in [9.17, 15) is 8.42 Å². The van der Waals surface area contributed by atoms with Crippen molar-refractivity contribution in [3.8, 4) is 5.75 Å². The number of ether oxygens (including phenoxy) is 1. The van der Waals surface area contributed by atoms with Gasteiger partial charge in [-0.05, 0) is 50.7 Å². The Kier molecular flexibility index (Phi) is 5.83. The van der Waals surface area contributed by atoms with Crippen molar-refractivity contribution in [2.24, 2.45) is 0 Å². The summed E-state index contributed by atoms with van der Waals surface area (Å²) < 4.78 is 32.4. The summed E-state index contributed by atoms with van der Waals surface area (Å²) in [5, 5.41) is 0. The van der Waals surface area contributed by atoms with Crippen LogP contribution in [-0.4, -0.2) is 56.5 Å². The second-order valence-electron chi connectivity index (χ2n) is 5.43. The van der Waals surface area contributed by atoms with Crippen LogP contribution in [-0.2, 0) is 10.0 Å². The van der Waals surface area contributed by atoms with Crippen molar-refractivity contribution >= 4 is 10.0 Å². The molecule has 0 spiro atoms. The molecular formula is C16H26N2O3S. The van der Waals surface area contributed by atoms with Gasteiger partial charge in [0.05, 0.1) is 11.5 Å². The van der Waals surface area contributed by atoms with E-state index in [0.29, 0.717) is 36.4 Å². The lowest BCUT2D eigenvalue weighted by Crippen LogP contribution is -2.38. The van der Waals surface area contributed by atoms with Crippen LogP contribution < -0.4 is 4.74 Å². The van der Waals surface area contributed by atoms with Crippen molar-refractivity contribution < 1.29 is 13.2 Å². The molecular weight excluding hydrogens is 300 g/mol. The topological polar surface area (TPSA) is 49.9 Å². The molecule has 1 saturated heterocycles. The predicted molar refractivity (Wildman–Crippen MR) is 87.7 cm³/mol. The van der Waals surface area contributed by atoms with E-state index in [4.69, 9.17) is 4.74 Å². The summed E-state index contributed by atoms with van der Waals surface area (Å²) in [6.45, 7) is 9.80. The second kappa shape index (κ2) is 7.44. The first-order chi connectivity index (χ1) is 10.5. The molecule has 1 aliphatic heterocycles. The lowest BCUT2D eigenvalue weighted by atomic mass is 10.2. The Morgan fingerprint density at radius 3 is 2.36 bits per heavy atom. The Morgan fingerprint density at radius 1 is 1.18 bits per heavy atom. The second-order valence-corrected chi connectivity index (χ2v) is 7.37. The fourth-order valence-corrected chi connectivity index (χ4v) is 4.48. The third kappa shape index (κ3) is 3.62.